The zero-order chi connectivity index (χ0) is 20.4. The molecule has 0 aliphatic rings. The smallest absolute Gasteiger partial charge is 0.228 e. The Morgan fingerprint density at radius 2 is 1.59 bits per heavy atom. The van der Waals surface area contributed by atoms with Crippen molar-refractivity contribution in [1.29, 1.82) is 0 Å². The summed E-state index contributed by atoms with van der Waals surface area (Å²) >= 11 is 18.0. The molecule has 146 valence electrons. The molecular weight excluding hydrogens is 431 g/mol. The number of hydrogen-bond acceptors (Lipinski definition) is 3. The number of aromatic nitrogens is 1. The molecule has 4 aromatic rings. The molecule has 1 heterocycles. The fourth-order valence-corrected chi connectivity index (χ4v) is 3.60. The zero-order valence-electron chi connectivity index (χ0n) is 15.1. The van der Waals surface area contributed by atoms with E-state index in [0.717, 1.165) is 16.8 Å². The van der Waals surface area contributed by atoms with Gasteiger partial charge in [0.25, 0.3) is 0 Å². The quantitative estimate of drug-likeness (QED) is 0.378. The molecule has 0 aliphatic heterocycles. The number of amides is 1. The molecule has 4 rings (SSSR count). The molecular formula is C22H15Cl3N2O2. The lowest BCUT2D eigenvalue weighted by molar-refractivity contribution is -0.115. The van der Waals surface area contributed by atoms with Crippen LogP contribution in [0.3, 0.4) is 0 Å². The monoisotopic (exact) mass is 444 g/mol. The second-order valence-electron chi connectivity index (χ2n) is 6.57. The Morgan fingerprint density at radius 3 is 2.31 bits per heavy atom. The van der Waals surface area contributed by atoms with Crippen LogP contribution in [0.1, 0.15) is 17.0 Å². The first-order chi connectivity index (χ1) is 14.0. The number of anilines is 1. The van der Waals surface area contributed by atoms with Gasteiger partial charge in [0.1, 0.15) is 5.52 Å². The van der Waals surface area contributed by atoms with Crippen molar-refractivity contribution in [1.82, 2.24) is 4.98 Å². The molecule has 1 aromatic heterocycles. The van der Waals surface area contributed by atoms with Gasteiger partial charge in [0, 0.05) is 22.2 Å². The van der Waals surface area contributed by atoms with Crippen LogP contribution in [0.2, 0.25) is 15.1 Å². The normalized spacial score (nSPS) is 11.0. The Labute approximate surface area is 182 Å². The van der Waals surface area contributed by atoms with Gasteiger partial charge in [-0.15, -0.1) is 0 Å². The molecule has 3 aromatic carbocycles. The van der Waals surface area contributed by atoms with Gasteiger partial charge in [-0.3, -0.25) is 4.79 Å². The lowest BCUT2D eigenvalue weighted by Crippen LogP contribution is -2.14. The van der Waals surface area contributed by atoms with E-state index < -0.39 is 0 Å². The van der Waals surface area contributed by atoms with Gasteiger partial charge in [0.2, 0.25) is 5.91 Å². The van der Waals surface area contributed by atoms with Crippen LogP contribution in [0, 0.1) is 0 Å². The van der Waals surface area contributed by atoms with Gasteiger partial charge >= 0.3 is 0 Å². The fourth-order valence-electron chi connectivity index (χ4n) is 2.95. The number of nitrogens with zero attached hydrogens (tertiary/aromatic N) is 1. The van der Waals surface area contributed by atoms with Gasteiger partial charge in [0.15, 0.2) is 11.5 Å². The van der Waals surface area contributed by atoms with Crippen LogP contribution < -0.4 is 5.32 Å². The van der Waals surface area contributed by atoms with Crippen LogP contribution in [0.4, 0.5) is 5.69 Å². The van der Waals surface area contributed by atoms with Gasteiger partial charge in [-0.25, -0.2) is 4.98 Å². The first-order valence-corrected chi connectivity index (χ1v) is 9.97. The molecule has 1 amide bonds. The van der Waals surface area contributed by atoms with Crippen molar-refractivity contribution >= 4 is 57.5 Å². The Balaban J connectivity index is 1.40. The van der Waals surface area contributed by atoms with Crippen molar-refractivity contribution in [2.75, 3.05) is 5.32 Å². The van der Waals surface area contributed by atoms with E-state index in [1.165, 1.54) is 0 Å². The van der Waals surface area contributed by atoms with E-state index in [1.807, 2.05) is 36.4 Å². The van der Waals surface area contributed by atoms with Gasteiger partial charge in [0.05, 0.1) is 11.4 Å². The third-order valence-electron chi connectivity index (χ3n) is 4.32. The van der Waals surface area contributed by atoms with Gasteiger partial charge in [-0.2, -0.15) is 0 Å². The van der Waals surface area contributed by atoms with E-state index in [-0.39, 0.29) is 12.3 Å². The number of oxazole rings is 1. The van der Waals surface area contributed by atoms with Crippen molar-refractivity contribution < 1.29 is 9.21 Å². The third kappa shape index (κ3) is 4.91. The summed E-state index contributed by atoms with van der Waals surface area (Å²) in [5.41, 5.74) is 3.77. The van der Waals surface area contributed by atoms with Crippen LogP contribution in [0.15, 0.2) is 65.1 Å². The molecule has 0 saturated heterocycles. The third-order valence-corrected chi connectivity index (χ3v) is 5.08. The Bertz CT molecular complexity index is 1170. The summed E-state index contributed by atoms with van der Waals surface area (Å²) in [6.07, 6.45) is 0.784. The number of benzene rings is 3. The molecule has 0 radical (unpaired) electrons. The van der Waals surface area contributed by atoms with Crippen molar-refractivity contribution in [2.45, 2.75) is 12.8 Å². The number of nitrogens with one attached hydrogen (secondary N) is 1. The highest BCUT2D eigenvalue weighted by atomic mass is 35.5. The minimum Gasteiger partial charge on any atom is -0.439 e. The highest BCUT2D eigenvalue weighted by Gasteiger charge is 2.11. The summed E-state index contributed by atoms with van der Waals surface area (Å²) in [5.74, 6) is 0.453. The molecule has 0 aliphatic carbocycles. The van der Waals surface area contributed by atoms with E-state index in [0.29, 0.717) is 38.5 Å². The van der Waals surface area contributed by atoms with E-state index >= 15 is 0 Å². The second-order valence-corrected chi connectivity index (χ2v) is 7.85. The maximum atomic E-state index is 12.2. The highest BCUT2D eigenvalue weighted by Crippen LogP contribution is 2.29. The summed E-state index contributed by atoms with van der Waals surface area (Å²) < 4.78 is 5.75. The Hall–Kier alpha value is -2.53. The largest absolute Gasteiger partial charge is 0.439 e. The number of carbonyl (C=O) groups excluding carboxylic acids is 1. The SMILES string of the molecule is O=C(Cc1ccc(Cl)cc1)Nc1ccc(Cc2nc3cc(Cl)cc(Cl)c3o2)cc1. The molecule has 1 N–H and O–H groups in total. The molecule has 4 nitrogen and oxygen atoms in total. The van der Waals surface area contributed by atoms with Crippen LogP contribution in [0.5, 0.6) is 0 Å². The number of hydrogen-bond donors (Lipinski definition) is 1. The molecule has 7 heteroatoms. The lowest BCUT2D eigenvalue weighted by Gasteiger charge is -2.06. The molecule has 0 atom stereocenters. The summed E-state index contributed by atoms with van der Waals surface area (Å²) in [6, 6.07) is 18.1. The summed E-state index contributed by atoms with van der Waals surface area (Å²) in [7, 11) is 0. The van der Waals surface area contributed by atoms with E-state index in [4.69, 9.17) is 39.2 Å². The van der Waals surface area contributed by atoms with E-state index in [1.54, 1.807) is 24.3 Å². The molecule has 0 bridgehead atoms. The van der Waals surface area contributed by atoms with E-state index in [9.17, 15) is 4.79 Å². The highest BCUT2D eigenvalue weighted by molar-refractivity contribution is 6.38. The molecule has 0 fully saturated rings. The lowest BCUT2D eigenvalue weighted by atomic mass is 10.1. The Kier molecular flexibility index (Phi) is 5.76. The topological polar surface area (TPSA) is 55.1 Å². The fraction of sp³-hybridized carbons (Fsp3) is 0.0909. The van der Waals surface area contributed by atoms with E-state index in [2.05, 4.69) is 10.3 Å². The van der Waals surface area contributed by atoms with Crippen LogP contribution in [0.25, 0.3) is 11.1 Å². The van der Waals surface area contributed by atoms with Crippen LogP contribution >= 0.6 is 34.8 Å². The minimum absolute atomic E-state index is 0.0921. The van der Waals surface area contributed by atoms with Gasteiger partial charge in [-0.1, -0.05) is 59.1 Å². The van der Waals surface area contributed by atoms with Crippen molar-refractivity contribution in [3.05, 3.63) is 92.7 Å². The predicted molar refractivity (Wildman–Crippen MR) is 117 cm³/mol. The zero-order valence-corrected chi connectivity index (χ0v) is 17.4. The maximum Gasteiger partial charge on any atom is 0.228 e. The molecule has 0 spiro atoms. The standard InChI is InChI=1S/C22H15Cl3N2O2/c23-15-5-1-13(2-6-15)9-20(28)26-17-7-3-14(4-8-17)10-21-27-19-12-16(24)11-18(25)22(19)29-21/h1-8,11-12H,9-10H2,(H,26,28). The number of carbonyl (C=O) groups is 1. The van der Waals surface area contributed by atoms with Crippen molar-refractivity contribution in [2.24, 2.45) is 0 Å². The first kappa shape index (κ1) is 19.8. The summed E-state index contributed by atoms with van der Waals surface area (Å²) in [4.78, 5) is 16.6. The van der Waals surface area contributed by atoms with Gasteiger partial charge in [-0.05, 0) is 47.5 Å². The molecule has 29 heavy (non-hydrogen) atoms. The number of fused-ring (bicyclic) bond motifs is 1. The predicted octanol–water partition coefficient (Wildman–Crippen LogP) is 6.56. The minimum atomic E-state index is -0.0921. The molecule has 0 saturated carbocycles. The molecule has 0 unspecified atom stereocenters. The number of rotatable bonds is 5. The summed E-state index contributed by atoms with van der Waals surface area (Å²) in [6.45, 7) is 0. The average Bonchev–Trinajstić information content (AvgIpc) is 3.08. The maximum absolute atomic E-state index is 12.2. The first-order valence-electron chi connectivity index (χ1n) is 8.84. The van der Waals surface area contributed by atoms with Crippen LogP contribution in [-0.4, -0.2) is 10.9 Å². The number of halogens is 3. The average molecular weight is 446 g/mol. The summed E-state index contributed by atoms with van der Waals surface area (Å²) in [5, 5.41) is 4.49. The Morgan fingerprint density at radius 1 is 0.897 bits per heavy atom. The van der Waals surface area contributed by atoms with Crippen LogP contribution in [-0.2, 0) is 17.6 Å². The second kappa shape index (κ2) is 8.46. The van der Waals surface area contributed by atoms with Gasteiger partial charge < -0.3 is 9.73 Å². The van der Waals surface area contributed by atoms with Crippen molar-refractivity contribution in [3.8, 4) is 0 Å². The van der Waals surface area contributed by atoms with Crippen molar-refractivity contribution in [3.63, 3.8) is 0 Å².